The van der Waals surface area contributed by atoms with Crippen molar-refractivity contribution in [2.75, 3.05) is 25.5 Å². The largest absolute Gasteiger partial charge is 0.431 e. The van der Waals surface area contributed by atoms with Gasteiger partial charge in [0.05, 0.1) is 19.0 Å². The second kappa shape index (κ2) is 6.62. The van der Waals surface area contributed by atoms with E-state index in [1.54, 1.807) is 4.90 Å². The van der Waals surface area contributed by atoms with Gasteiger partial charge in [0.1, 0.15) is 11.6 Å². The Labute approximate surface area is 141 Å². The Hall–Kier alpha value is -2.39. The van der Waals surface area contributed by atoms with Crippen molar-refractivity contribution in [3.8, 4) is 0 Å². The number of fused-ring (bicyclic) bond motifs is 1. The van der Waals surface area contributed by atoms with Crippen LogP contribution in [0.5, 0.6) is 0 Å². The lowest BCUT2D eigenvalue weighted by Gasteiger charge is -2.33. The van der Waals surface area contributed by atoms with Crippen molar-refractivity contribution in [3.05, 3.63) is 36.5 Å². The van der Waals surface area contributed by atoms with E-state index in [1.165, 1.54) is 18.2 Å². The summed E-state index contributed by atoms with van der Waals surface area (Å²) >= 11 is 1.27. The first-order valence-corrected chi connectivity index (χ1v) is 8.41. The number of carbonyl (C=O) groups excluding carboxylic acids is 1. The van der Waals surface area contributed by atoms with E-state index in [4.69, 9.17) is 13.7 Å². The zero-order valence-electron chi connectivity index (χ0n) is 12.6. The minimum Gasteiger partial charge on any atom is -0.431 e. The SMILES string of the molecule is O=C(CSc1nc2ccccc2o1)N1CCOCC1c1ncon1. The topological polar surface area (TPSA) is 94.5 Å². The standard InChI is InChI=1S/C15H14N4O4S/c20-13(8-24-15-17-10-3-1-2-4-12(10)23-15)19-5-6-21-7-11(19)14-16-9-22-18-14/h1-4,9,11H,5-8H2. The van der Waals surface area contributed by atoms with Crippen LogP contribution in [0, 0.1) is 0 Å². The van der Waals surface area contributed by atoms with Gasteiger partial charge >= 0.3 is 0 Å². The number of hydrogen-bond acceptors (Lipinski definition) is 8. The summed E-state index contributed by atoms with van der Waals surface area (Å²) in [7, 11) is 0. The van der Waals surface area contributed by atoms with Gasteiger partial charge < -0.3 is 18.6 Å². The molecular weight excluding hydrogens is 332 g/mol. The Morgan fingerprint density at radius 3 is 3.12 bits per heavy atom. The second-order valence-electron chi connectivity index (χ2n) is 5.20. The van der Waals surface area contributed by atoms with E-state index in [9.17, 15) is 4.79 Å². The Morgan fingerprint density at radius 2 is 2.29 bits per heavy atom. The van der Waals surface area contributed by atoms with Crippen LogP contribution in [0.2, 0.25) is 0 Å². The molecule has 0 radical (unpaired) electrons. The van der Waals surface area contributed by atoms with Crippen LogP contribution < -0.4 is 0 Å². The van der Waals surface area contributed by atoms with Crippen LogP contribution in [0.15, 0.2) is 44.8 Å². The number of para-hydroxylation sites is 2. The molecule has 0 N–H and O–H groups in total. The van der Waals surface area contributed by atoms with E-state index >= 15 is 0 Å². The van der Waals surface area contributed by atoms with Gasteiger partial charge in [0.25, 0.3) is 5.22 Å². The van der Waals surface area contributed by atoms with E-state index in [-0.39, 0.29) is 17.7 Å². The van der Waals surface area contributed by atoms with Gasteiger partial charge in [-0.25, -0.2) is 4.98 Å². The van der Waals surface area contributed by atoms with Crippen LogP contribution in [0.1, 0.15) is 11.9 Å². The summed E-state index contributed by atoms with van der Waals surface area (Å²) in [6.07, 6.45) is 1.25. The molecule has 124 valence electrons. The van der Waals surface area contributed by atoms with Crippen molar-refractivity contribution in [1.29, 1.82) is 0 Å². The minimum absolute atomic E-state index is 0.0413. The maximum absolute atomic E-state index is 12.6. The van der Waals surface area contributed by atoms with Crippen molar-refractivity contribution in [2.45, 2.75) is 11.3 Å². The molecule has 4 rings (SSSR count). The first-order chi connectivity index (χ1) is 11.8. The summed E-state index contributed by atoms with van der Waals surface area (Å²) in [6.45, 7) is 1.35. The Bertz CT molecular complexity index is 802. The minimum atomic E-state index is -0.325. The molecule has 0 saturated carbocycles. The van der Waals surface area contributed by atoms with Gasteiger partial charge in [-0.3, -0.25) is 4.79 Å². The summed E-state index contributed by atoms with van der Waals surface area (Å²) in [6, 6.07) is 7.18. The predicted octanol–water partition coefficient (Wildman–Crippen LogP) is 1.90. The number of nitrogens with zero attached hydrogens (tertiary/aromatic N) is 4. The first-order valence-electron chi connectivity index (χ1n) is 7.43. The maximum Gasteiger partial charge on any atom is 0.257 e. The first kappa shape index (κ1) is 15.2. The van der Waals surface area contributed by atoms with Crippen molar-refractivity contribution in [2.24, 2.45) is 0 Å². The van der Waals surface area contributed by atoms with E-state index in [1.807, 2.05) is 24.3 Å². The lowest BCUT2D eigenvalue weighted by atomic mass is 10.2. The zero-order valence-corrected chi connectivity index (χ0v) is 13.4. The fraction of sp³-hybridized carbons (Fsp3) is 0.333. The van der Waals surface area contributed by atoms with Crippen molar-refractivity contribution >= 4 is 28.8 Å². The van der Waals surface area contributed by atoms with Gasteiger partial charge in [-0.2, -0.15) is 4.98 Å². The van der Waals surface area contributed by atoms with Gasteiger partial charge in [-0.05, 0) is 12.1 Å². The number of aromatic nitrogens is 3. The monoisotopic (exact) mass is 346 g/mol. The van der Waals surface area contributed by atoms with Crippen LogP contribution in [0.4, 0.5) is 0 Å². The molecule has 1 unspecified atom stereocenters. The molecule has 3 heterocycles. The van der Waals surface area contributed by atoms with Gasteiger partial charge in [0, 0.05) is 6.54 Å². The van der Waals surface area contributed by atoms with E-state index in [0.29, 0.717) is 36.4 Å². The Balaban J connectivity index is 1.44. The van der Waals surface area contributed by atoms with Crippen LogP contribution in [0.25, 0.3) is 11.1 Å². The van der Waals surface area contributed by atoms with Crippen molar-refractivity contribution < 1.29 is 18.5 Å². The third-order valence-electron chi connectivity index (χ3n) is 3.72. The normalized spacial score (nSPS) is 18.2. The van der Waals surface area contributed by atoms with Crippen LogP contribution in [-0.4, -0.2) is 51.4 Å². The number of ether oxygens (including phenoxy) is 1. The highest BCUT2D eigenvalue weighted by Gasteiger charge is 2.31. The summed E-state index contributed by atoms with van der Waals surface area (Å²) in [5, 5.41) is 4.30. The molecule has 1 aliphatic heterocycles. The van der Waals surface area contributed by atoms with Gasteiger partial charge in [-0.1, -0.05) is 29.1 Å². The number of benzene rings is 1. The highest BCUT2D eigenvalue weighted by molar-refractivity contribution is 7.99. The average molecular weight is 346 g/mol. The van der Waals surface area contributed by atoms with Crippen LogP contribution >= 0.6 is 11.8 Å². The Morgan fingerprint density at radius 1 is 1.38 bits per heavy atom. The molecule has 1 fully saturated rings. The molecule has 1 amide bonds. The molecule has 1 aliphatic rings. The van der Waals surface area contributed by atoms with E-state index in [0.717, 1.165) is 5.52 Å². The molecule has 1 saturated heterocycles. The summed E-state index contributed by atoms with van der Waals surface area (Å²) in [5.74, 6) is 0.636. The summed E-state index contributed by atoms with van der Waals surface area (Å²) < 4.78 is 15.8. The molecule has 0 bridgehead atoms. The lowest BCUT2D eigenvalue weighted by molar-refractivity contribution is -0.137. The third-order valence-corrected chi connectivity index (χ3v) is 4.53. The average Bonchev–Trinajstić information content (AvgIpc) is 3.28. The number of rotatable bonds is 4. The van der Waals surface area contributed by atoms with Gasteiger partial charge in [0.2, 0.25) is 12.3 Å². The molecule has 1 aromatic carbocycles. The van der Waals surface area contributed by atoms with Crippen molar-refractivity contribution in [1.82, 2.24) is 20.0 Å². The smallest absolute Gasteiger partial charge is 0.257 e. The number of amides is 1. The predicted molar refractivity (Wildman–Crippen MR) is 84.3 cm³/mol. The van der Waals surface area contributed by atoms with E-state index < -0.39 is 0 Å². The highest BCUT2D eigenvalue weighted by atomic mass is 32.2. The van der Waals surface area contributed by atoms with Crippen LogP contribution in [0.3, 0.4) is 0 Å². The lowest BCUT2D eigenvalue weighted by Crippen LogP contribution is -2.44. The second-order valence-corrected chi connectivity index (χ2v) is 6.13. The summed E-state index contributed by atoms with van der Waals surface area (Å²) in [5.41, 5.74) is 1.49. The molecule has 24 heavy (non-hydrogen) atoms. The summed E-state index contributed by atoms with van der Waals surface area (Å²) in [4.78, 5) is 22.7. The number of morpholine rings is 1. The Kier molecular flexibility index (Phi) is 4.18. The fourth-order valence-corrected chi connectivity index (χ4v) is 3.29. The third kappa shape index (κ3) is 3.00. The number of thioether (sulfide) groups is 1. The van der Waals surface area contributed by atoms with Crippen LogP contribution in [-0.2, 0) is 9.53 Å². The highest BCUT2D eigenvalue weighted by Crippen LogP contribution is 2.26. The molecule has 8 nitrogen and oxygen atoms in total. The van der Waals surface area contributed by atoms with Gasteiger partial charge in [0.15, 0.2) is 11.4 Å². The number of hydrogen-bond donors (Lipinski definition) is 0. The molecule has 1 atom stereocenters. The number of carbonyl (C=O) groups is 1. The molecule has 0 aliphatic carbocycles. The van der Waals surface area contributed by atoms with Crippen molar-refractivity contribution in [3.63, 3.8) is 0 Å². The van der Waals surface area contributed by atoms with E-state index in [2.05, 4.69) is 15.1 Å². The fourth-order valence-electron chi connectivity index (χ4n) is 2.56. The zero-order chi connectivity index (χ0) is 16.4. The maximum atomic E-state index is 12.6. The molecule has 9 heteroatoms. The number of oxazole rings is 1. The molecule has 0 spiro atoms. The van der Waals surface area contributed by atoms with Gasteiger partial charge in [-0.15, -0.1) is 0 Å². The molecule has 2 aromatic heterocycles. The quantitative estimate of drug-likeness (QED) is 0.661. The molecule has 3 aromatic rings. The molecular formula is C15H14N4O4S.